The average Bonchev–Trinajstić information content (AvgIpc) is 2.56. The van der Waals surface area contributed by atoms with Crippen LogP contribution in [0.5, 0.6) is 5.75 Å². The summed E-state index contributed by atoms with van der Waals surface area (Å²) in [5.74, 6) is 0.104. The Bertz CT molecular complexity index is 1040. The molecule has 1 heterocycles. The number of carbonyl (C=O) groups is 1. The number of anilines is 1. The van der Waals surface area contributed by atoms with Gasteiger partial charge in [0.1, 0.15) is 11.3 Å². The van der Waals surface area contributed by atoms with Gasteiger partial charge < -0.3 is 15.0 Å². The second kappa shape index (κ2) is 7.04. The molecule has 0 spiro atoms. The predicted octanol–water partition coefficient (Wildman–Crippen LogP) is 4.18. The largest absolute Gasteiger partial charge is 0.489 e. The molecule has 0 radical (unpaired) electrons. The quantitative estimate of drug-likeness (QED) is 0.741. The molecule has 0 aliphatic carbocycles. The van der Waals surface area contributed by atoms with Crippen molar-refractivity contribution in [1.29, 1.82) is 0 Å². The zero-order chi connectivity index (χ0) is 18.8. The summed E-state index contributed by atoms with van der Waals surface area (Å²) in [6, 6.07) is 12.8. The number of rotatable bonds is 4. The van der Waals surface area contributed by atoms with Crippen molar-refractivity contribution in [2.45, 2.75) is 33.8 Å². The molecule has 1 amide bonds. The first-order valence-electron chi connectivity index (χ1n) is 8.56. The van der Waals surface area contributed by atoms with Gasteiger partial charge in [0.2, 0.25) is 0 Å². The number of benzene rings is 2. The minimum absolute atomic E-state index is 0.0249. The van der Waals surface area contributed by atoms with Crippen LogP contribution in [-0.4, -0.2) is 17.0 Å². The molecule has 5 heteroatoms. The van der Waals surface area contributed by atoms with Crippen molar-refractivity contribution < 1.29 is 9.53 Å². The number of aromatic amines is 1. The normalized spacial score (nSPS) is 11.0. The van der Waals surface area contributed by atoms with Crippen LogP contribution < -0.4 is 15.6 Å². The van der Waals surface area contributed by atoms with Crippen molar-refractivity contribution in [3.8, 4) is 5.75 Å². The van der Waals surface area contributed by atoms with Gasteiger partial charge in [0, 0.05) is 0 Å². The Morgan fingerprint density at radius 2 is 1.85 bits per heavy atom. The first-order chi connectivity index (χ1) is 12.3. The van der Waals surface area contributed by atoms with E-state index in [-0.39, 0.29) is 11.7 Å². The van der Waals surface area contributed by atoms with Crippen LogP contribution in [0.4, 0.5) is 5.69 Å². The lowest BCUT2D eigenvalue weighted by atomic mass is 10.1. The molecular weight excluding hydrogens is 328 g/mol. The highest BCUT2D eigenvalue weighted by atomic mass is 16.5. The van der Waals surface area contributed by atoms with Gasteiger partial charge in [-0.1, -0.05) is 23.8 Å². The molecule has 0 saturated heterocycles. The topological polar surface area (TPSA) is 71.2 Å². The SMILES string of the molecule is Cc1cc(C)c2[nH]c(=O)c(C(=O)Nc3ccccc3OC(C)C)cc2c1. The number of hydrogen-bond acceptors (Lipinski definition) is 3. The molecule has 5 nitrogen and oxygen atoms in total. The summed E-state index contributed by atoms with van der Waals surface area (Å²) >= 11 is 0. The summed E-state index contributed by atoms with van der Waals surface area (Å²) in [7, 11) is 0. The average molecular weight is 350 g/mol. The number of H-pyrrole nitrogens is 1. The first kappa shape index (κ1) is 17.7. The second-order valence-corrected chi connectivity index (χ2v) is 6.68. The highest BCUT2D eigenvalue weighted by Crippen LogP contribution is 2.25. The van der Waals surface area contributed by atoms with Gasteiger partial charge in [-0.25, -0.2) is 0 Å². The van der Waals surface area contributed by atoms with Crippen LogP contribution in [-0.2, 0) is 0 Å². The van der Waals surface area contributed by atoms with Gasteiger partial charge >= 0.3 is 0 Å². The van der Waals surface area contributed by atoms with E-state index in [0.29, 0.717) is 11.4 Å². The van der Waals surface area contributed by atoms with Crippen LogP contribution in [0.3, 0.4) is 0 Å². The molecule has 2 N–H and O–H groups in total. The monoisotopic (exact) mass is 350 g/mol. The maximum Gasteiger partial charge on any atom is 0.261 e. The zero-order valence-electron chi connectivity index (χ0n) is 15.3. The Hall–Kier alpha value is -3.08. The molecule has 26 heavy (non-hydrogen) atoms. The van der Waals surface area contributed by atoms with E-state index in [1.807, 2.05) is 45.9 Å². The van der Waals surface area contributed by atoms with E-state index in [0.717, 1.165) is 22.0 Å². The Kier molecular flexibility index (Phi) is 4.80. The number of hydrogen-bond donors (Lipinski definition) is 2. The van der Waals surface area contributed by atoms with E-state index in [1.54, 1.807) is 24.3 Å². The smallest absolute Gasteiger partial charge is 0.261 e. The van der Waals surface area contributed by atoms with E-state index in [1.165, 1.54) is 0 Å². The molecule has 0 aliphatic heterocycles. The summed E-state index contributed by atoms with van der Waals surface area (Å²) < 4.78 is 5.71. The number of aromatic nitrogens is 1. The molecule has 0 fully saturated rings. The lowest BCUT2D eigenvalue weighted by Crippen LogP contribution is -2.23. The number of nitrogens with one attached hydrogen (secondary N) is 2. The molecule has 0 unspecified atom stereocenters. The Labute approximate surface area is 152 Å². The van der Waals surface area contributed by atoms with Crippen molar-refractivity contribution in [2.24, 2.45) is 0 Å². The van der Waals surface area contributed by atoms with Gasteiger partial charge in [0.05, 0.1) is 17.3 Å². The number of amides is 1. The van der Waals surface area contributed by atoms with Crippen LogP contribution in [0.15, 0.2) is 47.3 Å². The fourth-order valence-electron chi connectivity index (χ4n) is 2.97. The summed E-state index contributed by atoms with van der Waals surface area (Å²) in [4.78, 5) is 27.9. The summed E-state index contributed by atoms with van der Waals surface area (Å²) in [6.45, 7) is 7.75. The molecule has 0 bridgehead atoms. The van der Waals surface area contributed by atoms with Gasteiger partial charge in [0.15, 0.2) is 0 Å². The van der Waals surface area contributed by atoms with Crippen molar-refractivity contribution in [2.75, 3.05) is 5.32 Å². The molecule has 3 aromatic rings. The zero-order valence-corrected chi connectivity index (χ0v) is 15.3. The standard InChI is InChI=1S/C21H22N2O3/c1-12(2)26-18-8-6-5-7-17(18)22-20(24)16-11-15-10-13(3)9-14(4)19(15)23-21(16)25/h5-12H,1-4H3,(H,22,24)(H,23,25). The Morgan fingerprint density at radius 3 is 2.58 bits per heavy atom. The lowest BCUT2D eigenvalue weighted by Gasteiger charge is -2.15. The molecular formula is C21H22N2O3. The van der Waals surface area contributed by atoms with Crippen LogP contribution in [0.25, 0.3) is 10.9 Å². The van der Waals surface area contributed by atoms with Crippen LogP contribution in [0.2, 0.25) is 0 Å². The highest BCUT2D eigenvalue weighted by molar-refractivity contribution is 6.06. The van der Waals surface area contributed by atoms with E-state index in [9.17, 15) is 9.59 Å². The van der Waals surface area contributed by atoms with E-state index in [2.05, 4.69) is 10.3 Å². The third-order valence-corrected chi connectivity index (χ3v) is 4.04. The summed E-state index contributed by atoms with van der Waals surface area (Å²) in [5.41, 5.74) is 2.99. The number of ether oxygens (including phenoxy) is 1. The number of fused-ring (bicyclic) bond motifs is 1. The van der Waals surface area contributed by atoms with Crippen molar-refractivity contribution in [1.82, 2.24) is 4.98 Å². The fraction of sp³-hybridized carbons (Fsp3) is 0.238. The minimum atomic E-state index is -0.466. The third-order valence-electron chi connectivity index (χ3n) is 4.04. The van der Waals surface area contributed by atoms with Crippen LogP contribution in [0.1, 0.15) is 35.3 Å². The number of carbonyl (C=O) groups excluding carboxylic acids is 1. The third kappa shape index (κ3) is 3.61. The molecule has 2 aromatic carbocycles. The van der Waals surface area contributed by atoms with Gasteiger partial charge in [-0.3, -0.25) is 9.59 Å². The van der Waals surface area contributed by atoms with E-state index >= 15 is 0 Å². The molecule has 0 aliphatic rings. The Balaban J connectivity index is 1.99. The van der Waals surface area contributed by atoms with Crippen molar-refractivity contribution in [3.05, 3.63) is 69.5 Å². The van der Waals surface area contributed by atoms with Gasteiger partial charge in [-0.05, 0) is 62.9 Å². The van der Waals surface area contributed by atoms with Gasteiger partial charge in [-0.2, -0.15) is 0 Å². The van der Waals surface area contributed by atoms with E-state index in [4.69, 9.17) is 4.74 Å². The van der Waals surface area contributed by atoms with Crippen molar-refractivity contribution >= 4 is 22.5 Å². The van der Waals surface area contributed by atoms with E-state index < -0.39 is 11.5 Å². The van der Waals surface area contributed by atoms with Crippen molar-refractivity contribution in [3.63, 3.8) is 0 Å². The molecule has 134 valence electrons. The highest BCUT2D eigenvalue weighted by Gasteiger charge is 2.15. The molecule has 1 aromatic heterocycles. The minimum Gasteiger partial charge on any atom is -0.489 e. The summed E-state index contributed by atoms with van der Waals surface area (Å²) in [5, 5.41) is 3.62. The maximum atomic E-state index is 12.7. The van der Waals surface area contributed by atoms with Crippen LogP contribution in [0, 0.1) is 13.8 Å². The molecule has 0 atom stereocenters. The fourth-order valence-corrected chi connectivity index (χ4v) is 2.97. The number of aryl methyl sites for hydroxylation is 2. The number of pyridine rings is 1. The maximum absolute atomic E-state index is 12.7. The molecule has 0 saturated carbocycles. The first-order valence-corrected chi connectivity index (χ1v) is 8.56. The van der Waals surface area contributed by atoms with Gasteiger partial charge in [-0.15, -0.1) is 0 Å². The van der Waals surface area contributed by atoms with Crippen LogP contribution >= 0.6 is 0 Å². The summed E-state index contributed by atoms with van der Waals surface area (Å²) in [6.07, 6.45) is -0.0249. The molecule has 3 rings (SSSR count). The second-order valence-electron chi connectivity index (χ2n) is 6.68. The number of para-hydroxylation sites is 2. The predicted molar refractivity (Wildman–Crippen MR) is 104 cm³/mol. The lowest BCUT2D eigenvalue weighted by molar-refractivity contribution is 0.102. The Morgan fingerprint density at radius 1 is 1.12 bits per heavy atom. The van der Waals surface area contributed by atoms with Gasteiger partial charge in [0.25, 0.3) is 11.5 Å².